The highest BCUT2D eigenvalue weighted by Crippen LogP contribution is 2.36. The lowest BCUT2D eigenvalue weighted by Gasteiger charge is -2.22. The van der Waals surface area contributed by atoms with E-state index < -0.39 is 0 Å². The van der Waals surface area contributed by atoms with E-state index in [9.17, 15) is 0 Å². The number of nitrogens with one attached hydrogen (secondary N) is 1. The molecule has 2 aromatic carbocycles. The Balaban J connectivity index is 2.54. The standard InChI is InChI=1S/C15H18N2O2/c1-18-12-9-6-10-13(19-2)14(12)15(17-16)11-7-4-3-5-8-11/h3-10,15,17H,16H2,1-2H3. The molecule has 0 amide bonds. The van der Waals surface area contributed by atoms with Gasteiger partial charge < -0.3 is 9.47 Å². The molecule has 2 rings (SSSR count). The highest BCUT2D eigenvalue weighted by Gasteiger charge is 2.21. The first-order chi connectivity index (χ1) is 9.31. The van der Waals surface area contributed by atoms with Gasteiger partial charge in [0.15, 0.2) is 0 Å². The summed E-state index contributed by atoms with van der Waals surface area (Å²) >= 11 is 0. The predicted molar refractivity (Wildman–Crippen MR) is 75.2 cm³/mol. The quantitative estimate of drug-likeness (QED) is 0.638. The molecule has 100 valence electrons. The molecule has 0 aromatic heterocycles. The number of benzene rings is 2. The van der Waals surface area contributed by atoms with Crippen LogP contribution >= 0.6 is 0 Å². The molecule has 4 nitrogen and oxygen atoms in total. The maximum absolute atomic E-state index is 5.72. The van der Waals surface area contributed by atoms with Crippen molar-refractivity contribution in [2.75, 3.05) is 14.2 Å². The second-order valence-corrected chi connectivity index (χ2v) is 4.09. The lowest BCUT2D eigenvalue weighted by atomic mass is 9.97. The average Bonchev–Trinajstić information content (AvgIpc) is 2.49. The van der Waals surface area contributed by atoms with Crippen molar-refractivity contribution < 1.29 is 9.47 Å². The molecule has 0 bridgehead atoms. The Bertz CT molecular complexity index is 507. The summed E-state index contributed by atoms with van der Waals surface area (Å²) in [7, 11) is 3.27. The highest BCUT2D eigenvalue weighted by atomic mass is 16.5. The van der Waals surface area contributed by atoms with Crippen LogP contribution in [-0.2, 0) is 0 Å². The average molecular weight is 258 g/mol. The minimum Gasteiger partial charge on any atom is -0.496 e. The summed E-state index contributed by atoms with van der Waals surface area (Å²) in [5, 5.41) is 0. The van der Waals surface area contributed by atoms with Gasteiger partial charge in [-0.05, 0) is 17.7 Å². The first-order valence-electron chi connectivity index (χ1n) is 6.03. The molecule has 3 N–H and O–H groups in total. The van der Waals surface area contributed by atoms with Gasteiger partial charge in [0.05, 0.1) is 25.8 Å². The van der Waals surface area contributed by atoms with E-state index in [0.29, 0.717) is 0 Å². The van der Waals surface area contributed by atoms with Crippen LogP contribution in [-0.4, -0.2) is 14.2 Å². The van der Waals surface area contributed by atoms with E-state index in [0.717, 1.165) is 22.6 Å². The number of hydrogen-bond donors (Lipinski definition) is 2. The Labute approximate surface area is 113 Å². The number of ether oxygens (including phenoxy) is 2. The molecular formula is C15H18N2O2. The van der Waals surface area contributed by atoms with Crippen LogP contribution in [0.3, 0.4) is 0 Å². The van der Waals surface area contributed by atoms with Gasteiger partial charge in [-0.3, -0.25) is 5.84 Å². The minimum absolute atomic E-state index is 0.188. The van der Waals surface area contributed by atoms with E-state index in [1.54, 1.807) is 14.2 Å². The summed E-state index contributed by atoms with van der Waals surface area (Å²) in [6.45, 7) is 0. The third-order valence-corrected chi connectivity index (χ3v) is 3.05. The molecule has 0 radical (unpaired) electrons. The lowest BCUT2D eigenvalue weighted by Crippen LogP contribution is -2.29. The monoisotopic (exact) mass is 258 g/mol. The molecule has 2 aromatic rings. The summed E-state index contributed by atoms with van der Waals surface area (Å²) in [5.74, 6) is 7.21. The smallest absolute Gasteiger partial charge is 0.127 e. The van der Waals surface area contributed by atoms with Gasteiger partial charge in [-0.25, -0.2) is 5.43 Å². The molecule has 0 aliphatic carbocycles. The summed E-state index contributed by atoms with van der Waals surface area (Å²) in [4.78, 5) is 0. The van der Waals surface area contributed by atoms with Crippen LogP contribution in [0.2, 0.25) is 0 Å². The molecule has 0 aliphatic rings. The van der Waals surface area contributed by atoms with E-state index in [4.69, 9.17) is 15.3 Å². The first-order valence-corrected chi connectivity index (χ1v) is 6.03. The van der Waals surface area contributed by atoms with Gasteiger partial charge in [0.2, 0.25) is 0 Å². The normalized spacial score (nSPS) is 11.9. The molecule has 1 atom stereocenters. The van der Waals surface area contributed by atoms with Crippen molar-refractivity contribution in [3.8, 4) is 11.5 Å². The largest absolute Gasteiger partial charge is 0.496 e. The van der Waals surface area contributed by atoms with E-state index >= 15 is 0 Å². The fourth-order valence-electron chi connectivity index (χ4n) is 2.16. The van der Waals surface area contributed by atoms with Gasteiger partial charge in [0.25, 0.3) is 0 Å². The van der Waals surface area contributed by atoms with Crippen molar-refractivity contribution in [1.29, 1.82) is 0 Å². The molecule has 19 heavy (non-hydrogen) atoms. The third-order valence-electron chi connectivity index (χ3n) is 3.05. The molecule has 0 heterocycles. The second-order valence-electron chi connectivity index (χ2n) is 4.09. The molecule has 0 aliphatic heterocycles. The summed E-state index contributed by atoms with van der Waals surface area (Å²) in [6.07, 6.45) is 0. The molecular weight excluding hydrogens is 240 g/mol. The van der Waals surface area contributed by atoms with Crippen molar-refractivity contribution in [3.05, 3.63) is 59.7 Å². The number of rotatable bonds is 5. The van der Waals surface area contributed by atoms with Crippen LogP contribution in [0.5, 0.6) is 11.5 Å². The summed E-state index contributed by atoms with van der Waals surface area (Å²) in [6, 6.07) is 15.4. The van der Waals surface area contributed by atoms with Crippen molar-refractivity contribution in [1.82, 2.24) is 5.43 Å². The van der Waals surface area contributed by atoms with Crippen molar-refractivity contribution in [3.63, 3.8) is 0 Å². The Morgan fingerprint density at radius 3 is 1.95 bits per heavy atom. The van der Waals surface area contributed by atoms with Gasteiger partial charge in [0, 0.05) is 0 Å². The highest BCUT2D eigenvalue weighted by molar-refractivity contribution is 5.50. The molecule has 4 heteroatoms. The van der Waals surface area contributed by atoms with Gasteiger partial charge in [-0.15, -0.1) is 0 Å². The number of methoxy groups -OCH3 is 2. The van der Waals surface area contributed by atoms with Crippen LogP contribution in [0.4, 0.5) is 0 Å². The molecule has 0 spiro atoms. The SMILES string of the molecule is COc1cccc(OC)c1C(NN)c1ccccc1. The zero-order chi connectivity index (χ0) is 13.7. The molecule has 0 saturated heterocycles. The zero-order valence-electron chi connectivity index (χ0n) is 11.1. The minimum atomic E-state index is -0.188. The van der Waals surface area contributed by atoms with Crippen molar-refractivity contribution in [2.45, 2.75) is 6.04 Å². The summed E-state index contributed by atoms with van der Waals surface area (Å²) in [5.41, 5.74) is 4.76. The van der Waals surface area contributed by atoms with Crippen LogP contribution < -0.4 is 20.7 Å². The van der Waals surface area contributed by atoms with Crippen molar-refractivity contribution in [2.24, 2.45) is 5.84 Å². The van der Waals surface area contributed by atoms with Gasteiger partial charge in [-0.1, -0.05) is 36.4 Å². The second kappa shape index (κ2) is 6.22. The number of nitrogens with two attached hydrogens (primary N) is 1. The maximum Gasteiger partial charge on any atom is 0.127 e. The van der Waals surface area contributed by atoms with Crippen LogP contribution in [0.25, 0.3) is 0 Å². The molecule has 0 saturated carbocycles. The fourth-order valence-corrected chi connectivity index (χ4v) is 2.16. The van der Waals surface area contributed by atoms with Gasteiger partial charge in [-0.2, -0.15) is 0 Å². The summed E-state index contributed by atoms with van der Waals surface area (Å²) < 4.78 is 10.8. The Kier molecular flexibility index (Phi) is 4.39. The maximum atomic E-state index is 5.72. The topological polar surface area (TPSA) is 56.5 Å². The fraction of sp³-hybridized carbons (Fsp3) is 0.200. The van der Waals surface area contributed by atoms with Crippen molar-refractivity contribution >= 4 is 0 Å². The Hall–Kier alpha value is -2.04. The van der Waals surface area contributed by atoms with Crippen LogP contribution in [0, 0.1) is 0 Å². The van der Waals surface area contributed by atoms with E-state index in [-0.39, 0.29) is 6.04 Å². The predicted octanol–water partition coefficient (Wildman–Crippen LogP) is 2.26. The van der Waals surface area contributed by atoms with Gasteiger partial charge >= 0.3 is 0 Å². The third kappa shape index (κ3) is 2.70. The first kappa shape index (κ1) is 13.4. The number of hydrazine groups is 1. The molecule has 1 unspecified atom stereocenters. The van der Waals surface area contributed by atoms with E-state index in [1.807, 2.05) is 48.5 Å². The molecule has 0 fully saturated rings. The number of hydrogen-bond acceptors (Lipinski definition) is 4. The lowest BCUT2D eigenvalue weighted by molar-refractivity contribution is 0.377. The van der Waals surface area contributed by atoms with E-state index in [2.05, 4.69) is 5.43 Å². The van der Waals surface area contributed by atoms with Gasteiger partial charge in [0.1, 0.15) is 11.5 Å². The Morgan fingerprint density at radius 1 is 0.895 bits per heavy atom. The zero-order valence-corrected chi connectivity index (χ0v) is 11.1. The van der Waals surface area contributed by atoms with Crippen LogP contribution in [0.1, 0.15) is 17.2 Å². The Morgan fingerprint density at radius 2 is 1.47 bits per heavy atom. The van der Waals surface area contributed by atoms with Crippen LogP contribution in [0.15, 0.2) is 48.5 Å². The van der Waals surface area contributed by atoms with E-state index in [1.165, 1.54) is 0 Å².